The lowest BCUT2D eigenvalue weighted by Gasteiger charge is -2.11. The lowest BCUT2D eigenvalue weighted by Crippen LogP contribution is -2.22. The molecule has 4 aromatic rings. The average molecular weight is 449 g/mol. The Balaban J connectivity index is 1.70. The number of fused-ring (bicyclic) bond motifs is 1. The summed E-state index contributed by atoms with van der Waals surface area (Å²) in [6.07, 6.45) is 1.44. The van der Waals surface area contributed by atoms with Crippen molar-refractivity contribution < 1.29 is 15.0 Å². The number of carboxylic acid groups (broad SMARTS) is 1. The molecule has 0 fully saturated rings. The van der Waals surface area contributed by atoms with E-state index in [-0.39, 0.29) is 0 Å². The number of rotatable bonds is 7. The van der Waals surface area contributed by atoms with Gasteiger partial charge in [0.2, 0.25) is 0 Å². The van der Waals surface area contributed by atoms with Gasteiger partial charge in [-0.2, -0.15) is 5.10 Å². The Bertz CT molecular complexity index is 1300. The van der Waals surface area contributed by atoms with Gasteiger partial charge in [0.1, 0.15) is 0 Å². The highest BCUT2D eigenvalue weighted by Gasteiger charge is 2.15. The van der Waals surface area contributed by atoms with E-state index in [9.17, 15) is 4.79 Å². The summed E-state index contributed by atoms with van der Waals surface area (Å²) in [5.41, 5.74) is 4.23. The minimum atomic E-state index is -1.20. The molecule has 0 aliphatic rings. The summed E-state index contributed by atoms with van der Waals surface area (Å²) in [5, 5.41) is 27.5. The Morgan fingerprint density at radius 1 is 1.19 bits per heavy atom. The Kier molecular flexibility index (Phi) is 6.20. The van der Waals surface area contributed by atoms with Crippen LogP contribution in [-0.4, -0.2) is 44.8 Å². The highest BCUT2D eigenvalue weighted by molar-refractivity contribution is 6.36. The topological polar surface area (TPSA) is 99.7 Å². The van der Waals surface area contributed by atoms with Gasteiger partial charge < -0.3 is 15.5 Å². The van der Waals surface area contributed by atoms with E-state index in [0.717, 1.165) is 27.7 Å². The SMILES string of the molecule is Cn1nc(Nc2cccc(-c3ccccc3)c2Cl)c2cc(C=N[C@@H](CO)C(=O)O)ccc21. The maximum Gasteiger partial charge on any atom is 0.330 e. The van der Waals surface area contributed by atoms with Gasteiger partial charge in [-0.05, 0) is 29.3 Å². The van der Waals surface area contributed by atoms with E-state index in [1.807, 2.05) is 73.8 Å². The van der Waals surface area contributed by atoms with Crippen LogP contribution in [0.1, 0.15) is 5.56 Å². The van der Waals surface area contributed by atoms with Crippen LogP contribution in [0.15, 0.2) is 71.7 Å². The summed E-state index contributed by atoms with van der Waals surface area (Å²) < 4.78 is 1.75. The zero-order valence-corrected chi connectivity index (χ0v) is 18.0. The maximum atomic E-state index is 11.1. The van der Waals surface area contributed by atoms with Gasteiger partial charge in [0.15, 0.2) is 11.9 Å². The Hall–Kier alpha value is -3.68. The van der Waals surface area contributed by atoms with E-state index in [2.05, 4.69) is 15.4 Å². The zero-order chi connectivity index (χ0) is 22.7. The molecule has 0 aliphatic heterocycles. The number of carboxylic acids is 1. The summed E-state index contributed by atoms with van der Waals surface area (Å²) >= 11 is 6.72. The number of carbonyl (C=O) groups is 1. The summed E-state index contributed by atoms with van der Waals surface area (Å²) in [6, 6.07) is 20.0. The second-order valence-corrected chi connectivity index (χ2v) is 7.60. The number of hydrogen-bond donors (Lipinski definition) is 3. The quantitative estimate of drug-likeness (QED) is 0.361. The molecule has 0 unspecified atom stereocenters. The molecule has 0 saturated heterocycles. The first-order valence-corrected chi connectivity index (χ1v) is 10.3. The zero-order valence-electron chi connectivity index (χ0n) is 17.2. The van der Waals surface area contributed by atoms with Crippen LogP contribution in [0.4, 0.5) is 11.5 Å². The Morgan fingerprint density at radius 2 is 1.97 bits per heavy atom. The number of aliphatic hydroxyl groups excluding tert-OH is 1. The molecule has 3 N–H and O–H groups in total. The van der Waals surface area contributed by atoms with Crippen molar-refractivity contribution in [2.24, 2.45) is 12.0 Å². The van der Waals surface area contributed by atoms with Crippen molar-refractivity contribution in [3.05, 3.63) is 77.3 Å². The molecule has 1 aromatic heterocycles. The third-order valence-corrected chi connectivity index (χ3v) is 5.48. The van der Waals surface area contributed by atoms with E-state index >= 15 is 0 Å². The highest BCUT2D eigenvalue weighted by Crippen LogP contribution is 2.36. The van der Waals surface area contributed by atoms with Crippen molar-refractivity contribution in [2.45, 2.75) is 6.04 Å². The van der Waals surface area contributed by atoms with Gasteiger partial charge in [0.25, 0.3) is 0 Å². The van der Waals surface area contributed by atoms with Crippen LogP contribution in [0.5, 0.6) is 0 Å². The van der Waals surface area contributed by atoms with Gasteiger partial charge in [-0.25, -0.2) is 4.79 Å². The van der Waals surface area contributed by atoms with Crippen LogP contribution in [0, 0.1) is 0 Å². The fourth-order valence-corrected chi connectivity index (χ4v) is 3.70. The molecule has 1 heterocycles. The Morgan fingerprint density at radius 3 is 2.69 bits per heavy atom. The molecule has 0 amide bonds. The van der Waals surface area contributed by atoms with Crippen molar-refractivity contribution in [3.8, 4) is 11.1 Å². The third-order valence-electron chi connectivity index (χ3n) is 5.07. The van der Waals surface area contributed by atoms with Crippen molar-refractivity contribution in [2.75, 3.05) is 11.9 Å². The van der Waals surface area contributed by atoms with E-state index < -0.39 is 18.6 Å². The molecule has 4 rings (SSSR count). The van der Waals surface area contributed by atoms with Crippen LogP contribution < -0.4 is 5.32 Å². The van der Waals surface area contributed by atoms with Gasteiger partial charge in [-0.1, -0.05) is 60.1 Å². The molecule has 7 nitrogen and oxygen atoms in total. The summed E-state index contributed by atoms with van der Waals surface area (Å²) in [6.45, 7) is -0.565. The second kappa shape index (κ2) is 9.21. The van der Waals surface area contributed by atoms with Crippen LogP contribution in [0.3, 0.4) is 0 Å². The van der Waals surface area contributed by atoms with Crippen LogP contribution in [0.2, 0.25) is 5.02 Å². The fraction of sp³-hybridized carbons (Fsp3) is 0.125. The highest BCUT2D eigenvalue weighted by atomic mass is 35.5. The number of benzene rings is 3. The number of aryl methyl sites for hydroxylation is 1. The number of aliphatic imine (C=N–C) groups is 1. The van der Waals surface area contributed by atoms with Crippen LogP contribution >= 0.6 is 11.6 Å². The molecule has 8 heteroatoms. The number of anilines is 2. The van der Waals surface area contributed by atoms with Crippen molar-refractivity contribution >= 4 is 46.2 Å². The smallest absolute Gasteiger partial charge is 0.330 e. The number of halogens is 1. The molecular weight excluding hydrogens is 428 g/mol. The first-order chi connectivity index (χ1) is 15.5. The van der Waals surface area contributed by atoms with Crippen LogP contribution in [0.25, 0.3) is 22.0 Å². The first-order valence-electron chi connectivity index (χ1n) is 9.92. The molecule has 32 heavy (non-hydrogen) atoms. The van der Waals surface area contributed by atoms with E-state index in [1.54, 1.807) is 4.68 Å². The molecule has 0 aliphatic carbocycles. The molecule has 162 valence electrons. The summed E-state index contributed by atoms with van der Waals surface area (Å²) in [5.74, 6) is -0.566. The number of hydrogen-bond acceptors (Lipinski definition) is 5. The molecule has 0 spiro atoms. The first kappa shape index (κ1) is 21.5. The normalized spacial score (nSPS) is 12.3. The predicted octanol–water partition coefficient (Wildman–Crippen LogP) is 4.50. The summed E-state index contributed by atoms with van der Waals surface area (Å²) in [4.78, 5) is 15.0. The van der Waals surface area contributed by atoms with E-state index in [1.165, 1.54) is 6.21 Å². The van der Waals surface area contributed by atoms with Gasteiger partial charge in [-0.15, -0.1) is 0 Å². The second-order valence-electron chi connectivity index (χ2n) is 7.22. The molecule has 0 bridgehead atoms. The maximum absolute atomic E-state index is 11.1. The minimum absolute atomic E-state index is 0.565. The van der Waals surface area contributed by atoms with Crippen molar-refractivity contribution in [3.63, 3.8) is 0 Å². The third kappa shape index (κ3) is 4.34. The molecule has 3 aromatic carbocycles. The molecule has 1 atom stereocenters. The van der Waals surface area contributed by atoms with Crippen molar-refractivity contribution in [1.82, 2.24) is 9.78 Å². The predicted molar refractivity (Wildman–Crippen MR) is 127 cm³/mol. The van der Waals surface area contributed by atoms with Gasteiger partial charge in [0, 0.05) is 24.2 Å². The van der Waals surface area contributed by atoms with Crippen molar-refractivity contribution in [1.29, 1.82) is 0 Å². The van der Waals surface area contributed by atoms with Gasteiger partial charge in [0.05, 0.1) is 22.8 Å². The lowest BCUT2D eigenvalue weighted by molar-refractivity contribution is -0.139. The average Bonchev–Trinajstić information content (AvgIpc) is 3.10. The standard InChI is InChI=1S/C24H21ClN4O3/c1-29-21-11-10-15(13-26-20(14-30)24(31)32)12-18(21)23(28-29)27-19-9-5-8-17(22(19)25)16-6-3-2-4-7-16/h2-13,20,30H,14H2,1H3,(H,27,28)(H,31,32)/t20-/m0/s1. The number of aliphatic hydroxyl groups is 1. The number of nitrogens with one attached hydrogen (secondary N) is 1. The van der Waals surface area contributed by atoms with Gasteiger partial charge >= 0.3 is 5.97 Å². The van der Waals surface area contributed by atoms with E-state index in [4.69, 9.17) is 21.8 Å². The minimum Gasteiger partial charge on any atom is -0.480 e. The molecular formula is C24H21ClN4O3. The fourth-order valence-electron chi connectivity index (χ4n) is 3.42. The number of aliphatic carboxylic acids is 1. The van der Waals surface area contributed by atoms with Crippen LogP contribution in [-0.2, 0) is 11.8 Å². The Labute approximate surface area is 189 Å². The monoisotopic (exact) mass is 448 g/mol. The lowest BCUT2D eigenvalue weighted by atomic mass is 10.0. The number of nitrogens with zero attached hydrogens (tertiary/aromatic N) is 3. The molecule has 0 saturated carbocycles. The number of aromatic nitrogens is 2. The van der Waals surface area contributed by atoms with Gasteiger partial charge in [-0.3, -0.25) is 9.67 Å². The van der Waals surface area contributed by atoms with E-state index in [0.29, 0.717) is 16.4 Å². The summed E-state index contributed by atoms with van der Waals surface area (Å²) in [7, 11) is 1.84. The largest absolute Gasteiger partial charge is 0.480 e. The molecule has 0 radical (unpaired) electrons.